The fourth-order valence-corrected chi connectivity index (χ4v) is 3.08. The maximum absolute atomic E-state index is 11.6. The van der Waals surface area contributed by atoms with Crippen LogP contribution >= 0.6 is 15.9 Å². The molecule has 124 valence electrons. The molecule has 0 aliphatic carbocycles. The van der Waals surface area contributed by atoms with Gasteiger partial charge in [-0.1, -0.05) is 12.1 Å². The molecule has 0 atom stereocenters. The number of ether oxygens (including phenoxy) is 2. The van der Waals surface area contributed by atoms with E-state index in [1.54, 1.807) is 18.2 Å². The summed E-state index contributed by atoms with van der Waals surface area (Å²) in [7, 11) is -0.930. The third-order valence-corrected chi connectivity index (χ3v) is 4.03. The number of hydrogen-bond acceptors (Lipinski definition) is 6. The van der Waals surface area contributed by atoms with Gasteiger partial charge in [0.05, 0.1) is 30.5 Å². The summed E-state index contributed by atoms with van der Waals surface area (Å²) in [4.78, 5) is 0. The van der Waals surface area contributed by atoms with Crippen molar-refractivity contribution in [3.8, 4) is 34.1 Å². The summed E-state index contributed by atoms with van der Waals surface area (Å²) in [5.74, 6) is 0.704. The first-order valence-electron chi connectivity index (χ1n) is 6.40. The maximum atomic E-state index is 11.6. The highest BCUT2D eigenvalue weighted by Gasteiger charge is 2.24. The molecule has 1 N–H and O–H groups in total. The van der Waals surface area contributed by atoms with Crippen LogP contribution in [-0.4, -0.2) is 34.0 Å². The fraction of sp³-hybridized carbons (Fsp3) is 0.200. The number of phenolic OH excluding ortho intramolecular Hbond substituents is 1. The molecule has 23 heavy (non-hydrogen) atoms. The van der Waals surface area contributed by atoms with E-state index in [2.05, 4.69) is 15.9 Å². The lowest BCUT2D eigenvalue weighted by Gasteiger charge is -2.18. The zero-order valence-corrected chi connectivity index (χ0v) is 15.1. The fourth-order valence-electron chi connectivity index (χ4n) is 2.07. The number of methoxy groups -OCH3 is 2. The topological polar surface area (TPSA) is 82.1 Å². The molecule has 0 aromatic heterocycles. The maximum Gasteiger partial charge on any atom is 0.306 e. The van der Waals surface area contributed by atoms with Gasteiger partial charge >= 0.3 is 10.1 Å². The molecule has 0 heterocycles. The molecule has 0 aliphatic rings. The molecule has 0 radical (unpaired) electrons. The van der Waals surface area contributed by atoms with Crippen LogP contribution in [0.4, 0.5) is 0 Å². The molecular weight excluding hydrogens is 388 g/mol. The summed E-state index contributed by atoms with van der Waals surface area (Å²) in [6.07, 6.45) is 0.945. The van der Waals surface area contributed by atoms with Crippen molar-refractivity contribution in [1.82, 2.24) is 0 Å². The Morgan fingerprint density at radius 3 is 2.13 bits per heavy atom. The van der Waals surface area contributed by atoms with E-state index in [0.29, 0.717) is 21.3 Å². The average molecular weight is 403 g/mol. The standard InChI is InChI=1S/C15H15BrO6S/c1-20-12-8-11(16)14(21-2)15(22-23(3,18)19)13(12)9-4-6-10(17)7-5-9/h4-8,17H,1-3H3. The first kappa shape index (κ1) is 17.4. The van der Waals surface area contributed by atoms with Crippen LogP contribution in [0.15, 0.2) is 34.8 Å². The van der Waals surface area contributed by atoms with Gasteiger partial charge in [-0.3, -0.25) is 0 Å². The summed E-state index contributed by atoms with van der Waals surface area (Å²) >= 11 is 3.31. The average Bonchev–Trinajstić information content (AvgIpc) is 2.46. The van der Waals surface area contributed by atoms with Crippen LogP contribution in [0.2, 0.25) is 0 Å². The molecule has 0 unspecified atom stereocenters. The van der Waals surface area contributed by atoms with Crippen LogP contribution in [-0.2, 0) is 10.1 Å². The van der Waals surface area contributed by atoms with Crippen LogP contribution in [0.1, 0.15) is 0 Å². The van der Waals surface area contributed by atoms with Gasteiger partial charge in [-0.15, -0.1) is 0 Å². The first-order chi connectivity index (χ1) is 10.8. The predicted octanol–water partition coefficient (Wildman–Crippen LogP) is 3.18. The van der Waals surface area contributed by atoms with Gasteiger partial charge in [0.15, 0.2) is 11.5 Å². The zero-order chi connectivity index (χ0) is 17.2. The Balaban J connectivity index is 2.82. The molecule has 8 heteroatoms. The second-order valence-corrected chi connectivity index (χ2v) is 7.06. The molecule has 2 aromatic carbocycles. The van der Waals surface area contributed by atoms with Gasteiger partial charge in [0.1, 0.15) is 11.5 Å². The van der Waals surface area contributed by atoms with Crippen LogP contribution in [0.5, 0.6) is 23.0 Å². The van der Waals surface area contributed by atoms with E-state index in [1.807, 2.05) is 0 Å². The summed E-state index contributed by atoms with van der Waals surface area (Å²) < 4.78 is 39.5. The van der Waals surface area contributed by atoms with Crippen molar-refractivity contribution in [2.75, 3.05) is 20.5 Å². The summed E-state index contributed by atoms with van der Waals surface area (Å²) in [5.41, 5.74) is 1.00. The normalized spacial score (nSPS) is 11.1. The Labute approximate surface area is 142 Å². The quantitative estimate of drug-likeness (QED) is 0.773. The Morgan fingerprint density at radius 1 is 1.04 bits per heavy atom. The Morgan fingerprint density at radius 2 is 1.65 bits per heavy atom. The van der Waals surface area contributed by atoms with Crippen LogP contribution in [0.25, 0.3) is 11.1 Å². The number of aromatic hydroxyl groups is 1. The molecule has 0 bridgehead atoms. The van der Waals surface area contributed by atoms with Gasteiger partial charge in [-0.25, -0.2) is 0 Å². The van der Waals surface area contributed by atoms with Crippen molar-refractivity contribution >= 4 is 26.0 Å². The van der Waals surface area contributed by atoms with E-state index in [4.69, 9.17) is 13.7 Å². The van der Waals surface area contributed by atoms with Gasteiger partial charge in [0.2, 0.25) is 0 Å². The lowest BCUT2D eigenvalue weighted by atomic mass is 10.0. The predicted molar refractivity (Wildman–Crippen MR) is 89.8 cm³/mol. The van der Waals surface area contributed by atoms with Crippen molar-refractivity contribution in [3.05, 3.63) is 34.8 Å². The number of rotatable bonds is 5. The minimum absolute atomic E-state index is 0.00640. The Hall–Kier alpha value is -1.93. The number of hydrogen-bond donors (Lipinski definition) is 1. The molecule has 6 nitrogen and oxygen atoms in total. The van der Waals surface area contributed by atoms with Gasteiger partial charge in [-0.2, -0.15) is 8.42 Å². The van der Waals surface area contributed by atoms with Crippen molar-refractivity contribution in [2.45, 2.75) is 0 Å². The minimum atomic E-state index is -3.80. The van der Waals surface area contributed by atoms with E-state index in [1.165, 1.54) is 26.4 Å². The van der Waals surface area contributed by atoms with E-state index in [9.17, 15) is 13.5 Å². The second-order valence-electron chi connectivity index (χ2n) is 4.63. The van der Waals surface area contributed by atoms with E-state index in [0.717, 1.165) is 6.26 Å². The molecule has 0 aliphatic heterocycles. The van der Waals surface area contributed by atoms with Gasteiger partial charge in [0, 0.05) is 0 Å². The van der Waals surface area contributed by atoms with Crippen molar-refractivity contribution in [1.29, 1.82) is 0 Å². The largest absolute Gasteiger partial charge is 0.508 e. The summed E-state index contributed by atoms with van der Waals surface area (Å²) in [6.45, 7) is 0. The Bertz CT molecular complexity index is 815. The van der Waals surface area contributed by atoms with Gasteiger partial charge in [0.25, 0.3) is 0 Å². The third kappa shape index (κ3) is 3.89. The molecule has 2 aromatic rings. The molecule has 0 fully saturated rings. The number of benzene rings is 2. The second kappa shape index (κ2) is 6.67. The lowest BCUT2D eigenvalue weighted by molar-refractivity contribution is 0.382. The van der Waals surface area contributed by atoms with Crippen molar-refractivity contribution in [3.63, 3.8) is 0 Å². The van der Waals surface area contributed by atoms with Gasteiger partial charge in [-0.05, 0) is 39.7 Å². The Kier molecular flexibility index (Phi) is 5.06. The highest BCUT2D eigenvalue weighted by molar-refractivity contribution is 9.10. The summed E-state index contributed by atoms with van der Waals surface area (Å²) in [5, 5.41) is 9.44. The molecule has 2 rings (SSSR count). The van der Waals surface area contributed by atoms with E-state index >= 15 is 0 Å². The number of phenols is 1. The number of halogens is 1. The van der Waals surface area contributed by atoms with Crippen LogP contribution in [0.3, 0.4) is 0 Å². The third-order valence-electron chi connectivity index (χ3n) is 2.97. The van der Waals surface area contributed by atoms with E-state index in [-0.39, 0.29) is 17.2 Å². The SMILES string of the molecule is COc1cc(Br)c(OC)c(OS(C)(=O)=O)c1-c1ccc(O)cc1. The summed E-state index contributed by atoms with van der Waals surface area (Å²) in [6, 6.07) is 7.85. The highest BCUT2D eigenvalue weighted by atomic mass is 79.9. The van der Waals surface area contributed by atoms with Crippen LogP contribution < -0.4 is 13.7 Å². The monoisotopic (exact) mass is 402 g/mol. The molecular formula is C15H15BrO6S. The minimum Gasteiger partial charge on any atom is -0.508 e. The molecule has 0 saturated heterocycles. The van der Waals surface area contributed by atoms with Crippen molar-refractivity contribution < 1.29 is 27.2 Å². The zero-order valence-electron chi connectivity index (χ0n) is 12.7. The van der Waals surface area contributed by atoms with Crippen LogP contribution in [0, 0.1) is 0 Å². The lowest BCUT2D eigenvalue weighted by Crippen LogP contribution is -2.09. The van der Waals surface area contributed by atoms with E-state index < -0.39 is 10.1 Å². The van der Waals surface area contributed by atoms with Crippen molar-refractivity contribution in [2.24, 2.45) is 0 Å². The van der Waals surface area contributed by atoms with Gasteiger partial charge < -0.3 is 18.8 Å². The molecule has 0 spiro atoms. The molecule has 0 amide bonds. The smallest absolute Gasteiger partial charge is 0.306 e. The first-order valence-corrected chi connectivity index (χ1v) is 9.01. The highest BCUT2D eigenvalue weighted by Crippen LogP contribution is 2.49. The molecule has 0 saturated carbocycles.